The van der Waals surface area contributed by atoms with Crippen molar-refractivity contribution in [3.05, 3.63) is 77.9 Å². The molecule has 0 radical (unpaired) electrons. The summed E-state index contributed by atoms with van der Waals surface area (Å²) < 4.78 is 11.7. The van der Waals surface area contributed by atoms with Crippen molar-refractivity contribution in [2.45, 2.75) is 19.9 Å². The van der Waals surface area contributed by atoms with Crippen molar-refractivity contribution in [2.24, 2.45) is 4.99 Å². The Morgan fingerprint density at radius 2 is 1.85 bits per heavy atom. The summed E-state index contributed by atoms with van der Waals surface area (Å²) in [6, 6.07) is 21.3. The molecule has 2 heterocycles. The first-order chi connectivity index (χ1) is 16.5. The van der Waals surface area contributed by atoms with Gasteiger partial charge in [0.2, 0.25) is 0 Å². The molecule has 2 aliphatic rings. The van der Waals surface area contributed by atoms with Gasteiger partial charge in [-0.3, -0.25) is 0 Å². The van der Waals surface area contributed by atoms with Gasteiger partial charge in [-0.05, 0) is 56.3 Å². The van der Waals surface area contributed by atoms with Crippen LogP contribution < -0.4 is 14.8 Å². The topological polar surface area (TPSA) is 66.4 Å². The number of hydrogen-bond donors (Lipinski definition) is 1. The standard InChI is InChI=1S/C27H28N4O3/c1-18-8-10-20(11-9-18)28-27(32)31-15-14-30(17-19(31)2)26-22-16-21(33-3)12-13-24(22)34-25-7-5-4-6-23(25)29-26/h4-13,16,19H,14-15,17H2,1-3H3,(H,28,32)/t19-/m1/s1. The van der Waals surface area contributed by atoms with Gasteiger partial charge in [-0.15, -0.1) is 0 Å². The smallest absolute Gasteiger partial charge is 0.322 e. The molecule has 7 nitrogen and oxygen atoms in total. The van der Waals surface area contributed by atoms with Crippen molar-refractivity contribution < 1.29 is 14.3 Å². The fraction of sp³-hybridized carbons (Fsp3) is 0.259. The number of para-hydroxylation sites is 2. The zero-order chi connectivity index (χ0) is 23.7. The first-order valence-electron chi connectivity index (χ1n) is 11.4. The predicted molar refractivity (Wildman–Crippen MR) is 134 cm³/mol. The van der Waals surface area contributed by atoms with Gasteiger partial charge in [0, 0.05) is 31.4 Å². The van der Waals surface area contributed by atoms with Crippen LogP contribution >= 0.6 is 0 Å². The number of carbonyl (C=O) groups excluding carboxylic acids is 1. The monoisotopic (exact) mass is 456 g/mol. The van der Waals surface area contributed by atoms with Gasteiger partial charge in [-0.25, -0.2) is 9.79 Å². The Bertz CT molecular complexity index is 1240. The van der Waals surface area contributed by atoms with Gasteiger partial charge in [0.1, 0.15) is 23.0 Å². The number of carbonyl (C=O) groups is 1. The number of urea groups is 1. The van der Waals surface area contributed by atoms with Crippen LogP contribution in [0.3, 0.4) is 0 Å². The Labute approximate surface area is 199 Å². The number of methoxy groups -OCH3 is 1. The summed E-state index contributed by atoms with van der Waals surface area (Å²) in [4.78, 5) is 22.1. The summed E-state index contributed by atoms with van der Waals surface area (Å²) in [6.07, 6.45) is 0. The molecule has 3 aromatic carbocycles. The molecular weight excluding hydrogens is 428 g/mol. The zero-order valence-corrected chi connectivity index (χ0v) is 19.6. The van der Waals surface area contributed by atoms with Gasteiger partial charge in [-0.1, -0.05) is 29.8 Å². The largest absolute Gasteiger partial charge is 0.497 e. The van der Waals surface area contributed by atoms with Gasteiger partial charge >= 0.3 is 6.03 Å². The van der Waals surface area contributed by atoms with E-state index in [2.05, 4.69) is 17.1 Å². The summed E-state index contributed by atoms with van der Waals surface area (Å²) in [7, 11) is 1.65. The second-order valence-electron chi connectivity index (χ2n) is 8.65. The zero-order valence-electron chi connectivity index (χ0n) is 19.6. The number of amidine groups is 1. The fourth-order valence-corrected chi connectivity index (χ4v) is 4.35. The first-order valence-corrected chi connectivity index (χ1v) is 11.4. The second-order valence-corrected chi connectivity index (χ2v) is 8.65. The molecule has 0 aliphatic carbocycles. The highest BCUT2D eigenvalue weighted by Gasteiger charge is 2.31. The number of benzene rings is 3. The molecule has 3 aromatic rings. The van der Waals surface area contributed by atoms with Gasteiger partial charge in [0.15, 0.2) is 5.75 Å². The van der Waals surface area contributed by atoms with Crippen LogP contribution in [0, 0.1) is 6.92 Å². The van der Waals surface area contributed by atoms with Crippen LogP contribution in [0.15, 0.2) is 71.7 Å². The summed E-state index contributed by atoms with van der Waals surface area (Å²) in [5.74, 6) is 3.01. The van der Waals surface area contributed by atoms with Crippen LogP contribution in [-0.4, -0.2) is 54.5 Å². The van der Waals surface area contributed by atoms with Gasteiger partial charge in [-0.2, -0.15) is 0 Å². The number of nitrogens with one attached hydrogen (secondary N) is 1. The lowest BCUT2D eigenvalue weighted by Gasteiger charge is -2.41. The quantitative estimate of drug-likeness (QED) is 0.559. The molecule has 1 atom stereocenters. The Hall–Kier alpha value is -4.00. The Kier molecular flexibility index (Phi) is 5.84. The average Bonchev–Trinajstić information content (AvgIpc) is 3.01. The Balaban J connectivity index is 1.40. The Morgan fingerprint density at radius 1 is 1.06 bits per heavy atom. The maximum absolute atomic E-state index is 13.0. The van der Waals surface area contributed by atoms with Crippen molar-refractivity contribution in [1.82, 2.24) is 9.80 Å². The van der Waals surface area contributed by atoms with Gasteiger partial charge in [0.05, 0.1) is 12.7 Å². The van der Waals surface area contributed by atoms with E-state index in [0.717, 1.165) is 39.8 Å². The third-order valence-electron chi connectivity index (χ3n) is 6.23. The minimum atomic E-state index is -0.0884. The molecule has 5 rings (SSSR count). The molecule has 2 amide bonds. The molecule has 174 valence electrons. The molecule has 0 unspecified atom stereocenters. The van der Waals surface area contributed by atoms with E-state index in [1.54, 1.807) is 7.11 Å². The van der Waals surface area contributed by atoms with E-state index in [4.69, 9.17) is 14.5 Å². The van der Waals surface area contributed by atoms with Crippen LogP contribution in [0.25, 0.3) is 0 Å². The number of hydrogen-bond acceptors (Lipinski definition) is 5. The lowest BCUT2D eigenvalue weighted by Crippen LogP contribution is -2.56. The summed E-state index contributed by atoms with van der Waals surface area (Å²) >= 11 is 0. The van der Waals surface area contributed by atoms with E-state index in [-0.39, 0.29) is 12.1 Å². The molecule has 0 bridgehead atoms. The van der Waals surface area contributed by atoms with Crippen LogP contribution in [0.4, 0.5) is 16.2 Å². The van der Waals surface area contributed by atoms with E-state index in [1.165, 1.54) is 0 Å². The highest BCUT2D eigenvalue weighted by atomic mass is 16.5. The Morgan fingerprint density at radius 3 is 2.62 bits per heavy atom. The van der Waals surface area contributed by atoms with Crippen molar-refractivity contribution in [3.63, 3.8) is 0 Å². The molecule has 7 heteroatoms. The number of rotatable bonds is 2. The highest BCUT2D eigenvalue weighted by molar-refractivity contribution is 6.04. The highest BCUT2D eigenvalue weighted by Crippen LogP contribution is 2.39. The van der Waals surface area contributed by atoms with Crippen molar-refractivity contribution in [3.8, 4) is 17.2 Å². The van der Waals surface area contributed by atoms with Crippen LogP contribution in [0.1, 0.15) is 18.1 Å². The van der Waals surface area contributed by atoms with E-state index in [0.29, 0.717) is 25.4 Å². The molecule has 1 saturated heterocycles. The SMILES string of the molecule is COc1ccc2c(c1)C(N1CCN(C(=O)Nc3ccc(C)cc3)[C@H](C)C1)=Nc1ccccc1O2. The number of nitrogens with zero attached hydrogens (tertiary/aromatic N) is 3. The van der Waals surface area contributed by atoms with E-state index >= 15 is 0 Å². The van der Waals surface area contributed by atoms with Crippen LogP contribution in [0.2, 0.25) is 0 Å². The van der Waals surface area contributed by atoms with Crippen molar-refractivity contribution in [1.29, 1.82) is 0 Å². The maximum atomic E-state index is 13.0. The molecule has 34 heavy (non-hydrogen) atoms. The number of amides is 2. The van der Waals surface area contributed by atoms with Crippen molar-refractivity contribution in [2.75, 3.05) is 32.1 Å². The second kappa shape index (κ2) is 9.09. The molecule has 0 saturated carbocycles. The molecule has 0 aromatic heterocycles. The average molecular weight is 457 g/mol. The van der Waals surface area contributed by atoms with E-state index in [9.17, 15) is 4.79 Å². The molecule has 1 N–H and O–H groups in total. The van der Waals surface area contributed by atoms with Crippen LogP contribution in [-0.2, 0) is 0 Å². The number of aliphatic imine (C=N–C) groups is 1. The lowest BCUT2D eigenvalue weighted by atomic mass is 10.1. The normalized spacial score (nSPS) is 17.0. The van der Waals surface area contributed by atoms with E-state index in [1.807, 2.05) is 78.6 Å². The van der Waals surface area contributed by atoms with Crippen LogP contribution in [0.5, 0.6) is 17.2 Å². The van der Waals surface area contributed by atoms with Gasteiger partial charge in [0.25, 0.3) is 0 Å². The van der Waals surface area contributed by atoms with Crippen molar-refractivity contribution >= 4 is 23.2 Å². The molecule has 1 fully saturated rings. The number of ether oxygens (including phenoxy) is 2. The number of piperazine rings is 1. The van der Waals surface area contributed by atoms with E-state index < -0.39 is 0 Å². The van der Waals surface area contributed by atoms with Gasteiger partial charge < -0.3 is 24.6 Å². The molecule has 2 aliphatic heterocycles. The third kappa shape index (κ3) is 4.29. The summed E-state index contributed by atoms with van der Waals surface area (Å²) in [5.41, 5.74) is 3.61. The summed E-state index contributed by atoms with van der Waals surface area (Å²) in [6.45, 7) is 5.98. The number of aryl methyl sites for hydroxylation is 1. The predicted octanol–water partition coefficient (Wildman–Crippen LogP) is 5.43. The minimum Gasteiger partial charge on any atom is -0.497 e. The maximum Gasteiger partial charge on any atom is 0.322 e. The first kappa shape index (κ1) is 21.8. The lowest BCUT2D eigenvalue weighted by molar-refractivity contribution is 0.145. The molecule has 0 spiro atoms. The minimum absolute atomic E-state index is 0.00429. The number of anilines is 1. The summed E-state index contributed by atoms with van der Waals surface area (Å²) in [5, 5.41) is 3.02. The molecular formula is C27H28N4O3. The fourth-order valence-electron chi connectivity index (χ4n) is 4.35. The third-order valence-corrected chi connectivity index (χ3v) is 6.23. The number of fused-ring (bicyclic) bond motifs is 2.